The van der Waals surface area contributed by atoms with Crippen LogP contribution in [-0.2, 0) is 6.54 Å². The molecular formula is C21H29N5O3. The highest BCUT2D eigenvalue weighted by atomic mass is 16.5. The molecule has 156 valence electrons. The molecule has 1 aromatic carbocycles. The number of ether oxygens (including phenoxy) is 2. The van der Waals surface area contributed by atoms with Gasteiger partial charge in [-0.15, -0.1) is 0 Å². The maximum atomic E-state index is 12.8. The molecule has 1 atom stereocenters. The first-order valence-electron chi connectivity index (χ1n) is 10.1. The van der Waals surface area contributed by atoms with Gasteiger partial charge in [-0.1, -0.05) is 12.1 Å². The Morgan fingerprint density at radius 1 is 1.24 bits per heavy atom. The van der Waals surface area contributed by atoms with Crippen LogP contribution in [0.5, 0.6) is 11.5 Å². The first-order chi connectivity index (χ1) is 14.0. The van der Waals surface area contributed by atoms with E-state index in [0.717, 1.165) is 69.0 Å². The molecule has 0 saturated carbocycles. The molecule has 8 nitrogen and oxygen atoms in total. The molecule has 0 bridgehead atoms. The highest BCUT2D eigenvalue weighted by molar-refractivity contribution is 5.93. The molecule has 2 aliphatic rings. The number of rotatable bonds is 5. The van der Waals surface area contributed by atoms with Crippen molar-refractivity contribution in [3.05, 3.63) is 35.5 Å². The van der Waals surface area contributed by atoms with E-state index in [0.29, 0.717) is 11.5 Å². The lowest BCUT2D eigenvalue weighted by molar-refractivity contribution is 0.0669. The lowest BCUT2D eigenvalue weighted by atomic mass is 9.79. The van der Waals surface area contributed by atoms with Crippen LogP contribution >= 0.6 is 0 Å². The van der Waals surface area contributed by atoms with Crippen LogP contribution in [0.2, 0.25) is 0 Å². The van der Waals surface area contributed by atoms with E-state index >= 15 is 0 Å². The van der Waals surface area contributed by atoms with Gasteiger partial charge < -0.3 is 20.1 Å². The zero-order valence-electron chi connectivity index (χ0n) is 17.1. The lowest BCUT2D eigenvalue weighted by Gasteiger charge is -2.40. The number of amides is 1. The van der Waals surface area contributed by atoms with Crippen molar-refractivity contribution in [2.45, 2.75) is 25.8 Å². The molecule has 0 unspecified atom stereocenters. The number of H-pyrrole nitrogens is 1. The monoisotopic (exact) mass is 399 g/mol. The van der Waals surface area contributed by atoms with Gasteiger partial charge in [0.15, 0.2) is 11.5 Å². The van der Waals surface area contributed by atoms with Crippen LogP contribution in [0.25, 0.3) is 0 Å². The van der Waals surface area contributed by atoms with Crippen LogP contribution in [0.1, 0.15) is 35.3 Å². The first-order valence-corrected chi connectivity index (χ1v) is 10.1. The summed E-state index contributed by atoms with van der Waals surface area (Å²) in [5.41, 5.74) is 7.39. The SMILES string of the molecule is COc1cccc(CN2CCC[C@@]3(CCN(C(=O)c4cc(N)n[nH]4)C3)C2)c1OC. The normalized spacial score (nSPS) is 22.2. The summed E-state index contributed by atoms with van der Waals surface area (Å²) < 4.78 is 11.0. The fourth-order valence-electron chi connectivity index (χ4n) is 4.82. The van der Waals surface area contributed by atoms with Gasteiger partial charge in [0.25, 0.3) is 5.91 Å². The van der Waals surface area contributed by atoms with Crippen LogP contribution in [0.15, 0.2) is 24.3 Å². The zero-order valence-corrected chi connectivity index (χ0v) is 17.1. The van der Waals surface area contributed by atoms with Gasteiger partial charge in [-0.3, -0.25) is 14.8 Å². The fourth-order valence-corrected chi connectivity index (χ4v) is 4.82. The maximum absolute atomic E-state index is 12.8. The number of aromatic nitrogens is 2. The number of carbonyl (C=O) groups excluding carboxylic acids is 1. The van der Waals surface area contributed by atoms with Gasteiger partial charge in [-0.2, -0.15) is 5.10 Å². The average Bonchev–Trinajstić information content (AvgIpc) is 3.34. The van der Waals surface area contributed by atoms with E-state index < -0.39 is 0 Å². The number of piperidine rings is 1. The number of anilines is 1. The Bertz CT molecular complexity index is 883. The van der Waals surface area contributed by atoms with Gasteiger partial charge in [0.05, 0.1) is 14.2 Å². The van der Waals surface area contributed by atoms with Crippen molar-refractivity contribution in [3.63, 3.8) is 0 Å². The number of benzene rings is 1. The number of nitrogens with zero attached hydrogens (tertiary/aromatic N) is 3. The third kappa shape index (κ3) is 3.89. The zero-order chi connectivity index (χ0) is 20.4. The smallest absolute Gasteiger partial charge is 0.271 e. The molecule has 4 rings (SSSR count). The highest BCUT2D eigenvalue weighted by Gasteiger charge is 2.43. The van der Waals surface area contributed by atoms with Gasteiger partial charge in [0.2, 0.25) is 0 Å². The Morgan fingerprint density at radius 2 is 2.10 bits per heavy atom. The number of aromatic amines is 1. The van der Waals surface area contributed by atoms with E-state index in [-0.39, 0.29) is 11.3 Å². The minimum absolute atomic E-state index is 0.0161. The Hall–Kier alpha value is -2.74. The molecule has 29 heavy (non-hydrogen) atoms. The minimum atomic E-state index is -0.0161. The number of nitrogen functional groups attached to an aromatic ring is 1. The largest absolute Gasteiger partial charge is 0.493 e. The van der Waals surface area contributed by atoms with Gasteiger partial charge in [0.1, 0.15) is 11.5 Å². The van der Waals surface area contributed by atoms with Crippen LogP contribution in [0.4, 0.5) is 5.82 Å². The molecule has 0 radical (unpaired) electrons. The van der Waals surface area contributed by atoms with Crippen molar-refractivity contribution in [1.29, 1.82) is 0 Å². The first kappa shape index (κ1) is 19.6. The molecule has 1 spiro atoms. The van der Waals surface area contributed by atoms with E-state index in [2.05, 4.69) is 21.2 Å². The lowest BCUT2D eigenvalue weighted by Crippen LogP contribution is -2.45. The number of nitrogens with one attached hydrogen (secondary N) is 1. The highest BCUT2D eigenvalue weighted by Crippen LogP contribution is 2.40. The van der Waals surface area contributed by atoms with Crippen molar-refractivity contribution < 1.29 is 14.3 Å². The minimum Gasteiger partial charge on any atom is -0.493 e. The Balaban J connectivity index is 1.44. The van der Waals surface area contributed by atoms with Crippen molar-refractivity contribution in [2.24, 2.45) is 5.41 Å². The van der Waals surface area contributed by atoms with E-state index in [1.165, 1.54) is 0 Å². The molecule has 3 heterocycles. The van der Waals surface area contributed by atoms with Crippen LogP contribution in [-0.4, -0.2) is 66.3 Å². The summed E-state index contributed by atoms with van der Waals surface area (Å²) in [5.74, 6) is 1.89. The van der Waals surface area contributed by atoms with E-state index in [1.807, 2.05) is 17.0 Å². The van der Waals surface area contributed by atoms with Gasteiger partial charge in [0, 0.05) is 43.2 Å². The molecule has 1 amide bonds. The molecule has 2 aliphatic heterocycles. The molecule has 2 saturated heterocycles. The van der Waals surface area contributed by atoms with Crippen molar-refractivity contribution >= 4 is 11.7 Å². The Morgan fingerprint density at radius 3 is 2.83 bits per heavy atom. The van der Waals surface area contributed by atoms with Crippen LogP contribution in [0, 0.1) is 5.41 Å². The maximum Gasteiger partial charge on any atom is 0.271 e. The van der Waals surface area contributed by atoms with E-state index in [9.17, 15) is 4.79 Å². The predicted octanol–water partition coefficient (Wildman–Crippen LogP) is 2.14. The summed E-state index contributed by atoms with van der Waals surface area (Å²) in [4.78, 5) is 17.2. The molecule has 8 heteroatoms. The summed E-state index contributed by atoms with van der Waals surface area (Å²) in [6.45, 7) is 4.38. The molecule has 2 aromatic rings. The molecule has 1 aromatic heterocycles. The summed E-state index contributed by atoms with van der Waals surface area (Å²) in [5, 5.41) is 6.61. The quantitative estimate of drug-likeness (QED) is 0.800. The number of para-hydroxylation sites is 1. The third-order valence-corrected chi connectivity index (χ3v) is 6.17. The number of hydrogen-bond acceptors (Lipinski definition) is 6. The second-order valence-electron chi connectivity index (χ2n) is 8.15. The Labute approximate surface area is 171 Å². The standard InChI is InChI=1S/C21H29N5O3/c1-28-17-6-3-5-15(19(17)29-2)12-25-9-4-7-21(13-25)8-10-26(14-21)20(27)16-11-18(22)24-23-16/h3,5-6,11H,4,7-10,12-14H2,1-2H3,(H3,22,23,24)/t21-/m1/s1. The summed E-state index contributed by atoms with van der Waals surface area (Å²) >= 11 is 0. The molecule has 0 aliphatic carbocycles. The average molecular weight is 399 g/mol. The van der Waals surface area contributed by atoms with Gasteiger partial charge >= 0.3 is 0 Å². The number of carbonyl (C=O) groups is 1. The second kappa shape index (κ2) is 7.94. The van der Waals surface area contributed by atoms with Gasteiger partial charge in [-0.05, 0) is 31.9 Å². The summed E-state index contributed by atoms with van der Waals surface area (Å²) in [6.07, 6.45) is 3.30. The van der Waals surface area contributed by atoms with Crippen molar-refractivity contribution in [1.82, 2.24) is 20.0 Å². The Kier molecular flexibility index (Phi) is 5.36. The summed E-state index contributed by atoms with van der Waals surface area (Å²) in [6, 6.07) is 7.62. The van der Waals surface area contributed by atoms with E-state index in [4.69, 9.17) is 15.2 Å². The van der Waals surface area contributed by atoms with E-state index in [1.54, 1.807) is 20.3 Å². The third-order valence-electron chi connectivity index (χ3n) is 6.17. The van der Waals surface area contributed by atoms with Gasteiger partial charge in [-0.25, -0.2) is 0 Å². The van der Waals surface area contributed by atoms with Crippen molar-refractivity contribution in [2.75, 3.05) is 46.1 Å². The predicted molar refractivity (Wildman–Crippen MR) is 110 cm³/mol. The fraction of sp³-hybridized carbons (Fsp3) is 0.524. The number of likely N-dealkylation sites (tertiary alicyclic amines) is 2. The number of hydrogen-bond donors (Lipinski definition) is 2. The summed E-state index contributed by atoms with van der Waals surface area (Å²) in [7, 11) is 3.34. The molecular weight excluding hydrogens is 370 g/mol. The van der Waals surface area contributed by atoms with Crippen LogP contribution < -0.4 is 15.2 Å². The van der Waals surface area contributed by atoms with Crippen molar-refractivity contribution in [3.8, 4) is 11.5 Å². The molecule has 2 fully saturated rings. The number of methoxy groups -OCH3 is 2. The second-order valence-corrected chi connectivity index (χ2v) is 8.15. The molecule has 3 N–H and O–H groups in total. The van der Waals surface area contributed by atoms with Crippen LogP contribution in [0.3, 0.4) is 0 Å². The topological polar surface area (TPSA) is 96.7 Å². The number of nitrogens with two attached hydrogens (primary N) is 1.